The first-order valence-electron chi connectivity index (χ1n) is 8.04. The summed E-state index contributed by atoms with van der Waals surface area (Å²) in [7, 11) is 0. The molecule has 0 radical (unpaired) electrons. The number of aromatic nitrogens is 2. The summed E-state index contributed by atoms with van der Waals surface area (Å²) in [6.07, 6.45) is 6.73. The summed E-state index contributed by atoms with van der Waals surface area (Å²) >= 11 is 0. The molecular weight excluding hydrogens is 248 g/mol. The second kappa shape index (κ2) is 6.08. The molecule has 1 aromatic heterocycles. The van der Waals surface area contributed by atoms with E-state index in [1.54, 1.807) is 6.33 Å². The van der Waals surface area contributed by atoms with Crippen LogP contribution in [-0.4, -0.2) is 29.6 Å². The van der Waals surface area contributed by atoms with Crippen molar-refractivity contribution in [3.05, 3.63) is 17.6 Å². The zero-order valence-electron chi connectivity index (χ0n) is 12.7. The number of hydrogen-bond donors (Lipinski definition) is 1. The molecule has 4 nitrogen and oxygen atoms in total. The Hall–Kier alpha value is -1.16. The summed E-state index contributed by atoms with van der Waals surface area (Å²) in [6, 6.07) is 0. The van der Waals surface area contributed by atoms with E-state index in [0.717, 1.165) is 44.4 Å². The van der Waals surface area contributed by atoms with Gasteiger partial charge < -0.3 is 10.2 Å². The Bertz CT molecular complexity index is 458. The van der Waals surface area contributed by atoms with Crippen molar-refractivity contribution in [2.75, 3.05) is 24.5 Å². The van der Waals surface area contributed by atoms with E-state index < -0.39 is 0 Å². The minimum absolute atomic E-state index is 0.802. The van der Waals surface area contributed by atoms with Crippen molar-refractivity contribution in [3.8, 4) is 0 Å². The number of rotatable bonds is 2. The number of fused-ring (bicyclic) bond motifs is 1. The molecule has 1 saturated heterocycles. The molecule has 2 aliphatic heterocycles. The molecule has 2 aliphatic rings. The van der Waals surface area contributed by atoms with Gasteiger partial charge in [0.25, 0.3) is 0 Å². The lowest BCUT2D eigenvalue weighted by atomic mass is 9.89. The summed E-state index contributed by atoms with van der Waals surface area (Å²) in [5, 5.41) is 3.46. The lowest BCUT2D eigenvalue weighted by molar-refractivity contribution is 0.351. The molecule has 3 heterocycles. The van der Waals surface area contributed by atoms with Crippen LogP contribution in [0.3, 0.4) is 0 Å². The van der Waals surface area contributed by atoms with Crippen molar-refractivity contribution in [2.24, 2.45) is 11.8 Å². The van der Waals surface area contributed by atoms with Crippen LogP contribution in [0.4, 0.5) is 5.82 Å². The number of anilines is 1. The lowest BCUT2D eigenvalue weighted by Gasteiger charge is -2.27. The molecule has 0 aromatic carbocycles. The minimum atomic E-state index is 0.802. The first-order chi connectivity index (χ1) is 9.75. The van der Waals surface area contributed by atoms with Gasteiger partial charge in [0, 0.05) is 38.2 Å². The summed E-state index contributed by atoms with van der Waals surface area (Å²) in [5.74, 6) is 2.86. The standard InChI is InChI=1S/C16H26N4/c1-12(2)13-4-3-8-20(9-6-13)16-14-10-17-7-5-15(14)18-11-19-16/h11-13,17H,3-10H2,1-2H3. The van der Waals surface area contributed by atoms with E-state index in [1.807, 2.05) is 0 Å². The highest BCUT2D eigenvalue weighted by molar-refractivity contribution is 5.49. The molecule has 1 unspecified atom stereocenters. The van der Waals surface area contributed by atoms with Crippen molar-refractivity contribution < 1.29 is 0 Å². The van der Waals surface area contributed by atoms with E-state index in [2.05, 4.69) is 34.0 Å². The Morgan fingerprint density at radius 2 is 2.15 bits per heavy atom. The minimum Gasteiger partial charge on any atom is -0.356 e. The Kier molecular flexibility index (Phi) is 4.20. The molecule has 0 aliphatic carbocycles. The summed E-state index contributed by atoms with van der Waals surface area (Å²) < 4.78 is 0. The summed E-state index contributed by atoms with van der Waals surface area (Å²) in [5.41, 5.74) is 2.58. The van der Waals surface area contributed by atoms with Crippen LogP contribution in [0.15, 0.2) is 6.33 Å². The molecule has 110 valence electrons. The maximum absolute atomic E-state index is 4.60. The van der Waals surface area contributed by atoms with Gasteiger partial charge in [0.05, 0.1) is 5.69 Å². The van der Waals surface area contributed by atoms with Crippen LogP contribution in [0.5, 0.6) is 0 Å². The van der Waals surface area contributed by atoms with Gasteiger partial charge in [-0.3, -0.25) is 0 Å². The number of nitrogens with one attached hydrogen (secondary N) is 1. The zero-order valence-corrected chi connectivity index (χ0v) is 12.7. The van der Waals surface area contributed by atoms with Crippen LogP contribution in [-0.2, 0) is 13.0 Å². The predicted molar refractivity (Wildman–Crippen MR) is 81.8 cm³/mol. The molecule has 1 N–H and O–H groups in total. The zero-order chi connectivity index (χ0) is 13.9. The van der Waals surface area contributed by atoms with Crippen molar-refractivity contribution >= 4 is 5.82 Å². The average molecular weight is 274 g/mol. The Morgan fingerprint density at radius 1 is 1.25 bits per heavy atom. The van der Waals surface area contributed by atoms with Gasteiger partial charge in [-0.1, -0.05) is 13.8 Å². The number of hydrogen-bond acceptors (Lipinski definition) is 4. The predicted octanol–water partition coefficient (Wildman–Crippen LogP) is 2.38. The molecule has 0 bridgehead atoms. The van der Waals surface area contributed by atoms with Gasteiger partial charge in [-0.15, -0.1) is 0 Å². The van der Waals surface area contributed by atoms with Crippen molar-refractivity contribution in [1.82, 2.24) is 15.3 Å². The first-order valence-corrected chi connectivity index (χ1v) is 8.04. The van der Waals surface area contributed by atoms with E-state index in [-0.39, 0.29) is 0 Å². The maximum Gasteiger partial charge on any atom is 0.136 e. The van der Waals surface area contributed by atoms with Crippen LogP contribution in [0, 0.1) is 11.8 Å². The third-order valence-corrected chi connectivity index (χ3v) is 4.87. The lowest BCUT2D eigenvalue weighted by Crippen LogP contribution is -2.31. The van der Waals surface area contributed by atoms with Crippen LogP contribution in [0.25, 0.3) is 0 Å². The second-order valence-electron chi connectivity index (χ2n) is 6.47. The highest BCUT2D eigenvalue weighted by atomic mass is 15.2. The Balaban J connectivity index is 1.79. The summed E-state index contributed by atoms with van der Waals surface area (Å²) in [4.78, 5) is 11.6. The molecule has 3 rings (SSSR count). The van der Waals surface area contributed by atoms with E-state index in [9.17, 15) is 0 Å². The van der Waals surface area contributed by atoms with Gasteiger partial charge in [-0.25, -0.2) is 9.97 Å². The Morgan fingerprint density at radius 3 is 3.00 bits per heavy atom. The molecule has 1 atom stereocenters. The molecule has 0 saturated carbocycles. The SMILES string of the molecule is CC(C)C1CCCN(c2ncnc3c2CNCC3)CC1. The quantitative estimate of drug-likeness (QED) is 0.899. The molecule has 0 amide bonds. The first kappa shape index (κ1) is 13.8. The second-order valence-corrected chi connectivity index (χ2v) is 6.47. The van der Waals surface area contributed by atoms with Gasteiger partial charge in [-0.2, -0.15) is 0 Å². The maximum atomic E-state index is 4.60. The molecule has 1 aromatic rings. The van der Waals surface area contributed by atoms with E-state index in [4.69, 9.17) is 0 Å². The van der Waals surface area contributed by atoms with Gasteiger partial charge >= 0.3 is 0 Å². The van der Waals surface area contributed by atoms with Crippen LogP contribution in [0.1, 0.15) is 44.4 Å². The normalized spacial score (nSPS) is 23.6. The summed E-state index contributed by atoms with van der Waals surface area (Å²) in [6.45, 7) is 8.97. The van der Waals surface area contributed by atoms with Gasteiger partial charge in [0.15, 0.2) is 0 Å². The average Bonchev–Trinajstić information content (AvgIpc) is 2.72. The highest BCUT2D eigenvalue weighted by Gasteiger charge is 2.23. The van der Waals surface area contributed by atoms with Gasteiger partial charge in [-0.05, 0) is 31.1 Å². The van der Waals surface area contributed by atoms with Crippen LogP contribution < -0.4 is 10.2 Å². The highest BCUT2D eigenvalue weighted by Crippen LogP contribution is 2.29. The van der Waals surface area contributed by atoms with Crippen molar-refractivity contribution in [1.29, 1.82) is 0 Å². The fourth-order valence-electron chi connectivity index (χ4n) is 3.53. The van der Waals surface area contributed by atoms with Crippen molar-refractivity contribution in [3.63, 3.8) is 0 Å². The topological polar surface area (TPSA) is 41.1 Å². The largest absolute Gasteiger partial charge is 0.356 e. The van der Waals surface area contributed by atoms with Gasteiger partial charge in [0.2, 0.25) is 0 Å². The molecule has 20 heavy (non-hydrogen) atoms. The molecular formula is C16H26N4. The van der Waals surface area contributed by atoms with E-state index in [0.29, 0.717) is 0 Å². The van der Waals surface area contributed by atoms with Crippen molar-refractivity contribution in [2.45, 2.75) is 46.1 Å². The third-order valence-electron chi connectivity index (χ3n) is 4.87. The monoisotopic (exact) mass is 274 g/mol. The fourth-order valence-corrected chi connectivity index (χ4v) is 3.53. The fraction of sp³-hybridized carbons (Fsp3) is 0.750. The van der Waals surface area contributed by atoms with E-state index in [1.165, 1.54) is 36.3 Å². The smallest absolute Gasteiger partial charge is 0.136 e. The van der Waals surface area contributed by atoms with Crippen LogP contribution in [0.2, 0.25) is 0 Å². The van der Waals surface area contributed by atoms with E-state index >= 15 is 0 Å². The molecule has 4 heteroatoms. The third kappa shape index (κ3) is 2.80. The van der Waals surface area contributed by atoms with Gasteiger partial charge in [0.1, 0.15) is 12.1 Å². The Labute approximate surface area is 122 Å². The molecule has 1 fully saturated rings. The number of nitrogens with zero attached hydrogens (tertiary/aromatic N) is 3. The van der Waals surface area contributed by atoms with Crippen LogP contribution >= 0.6 is 0 Å². The molecule has 0 spiro atoms.